The van der Waals surface area contributed by atoms with E-state index < -0.39 is 0 Å². The van der Waals surface area contributed by atoms with Crippen molar-refractivity contribution in [2.45, 2.75) is 5.03 Å². The molecule has 106 valence electrons. The molecule has 0 unspecified atom stereocenters. The van der Waals surface area contributed by atoms with Crippen LogP contribution in [0.15, 0.2) is 47.1 Å². The summed E-state index contributed by atoms with van der Waals surface area (Å²) in [6.07, 6.45) is 1.54. The topological polar surface area (TPSA) is 54.9 Å². The van der Waals surface area contributed by atoms with E-state index in [1.807, 2.05) is 35.7 Å². The lowest BCUT2D eigenvalue weighted by Gasteiger charge is -2.07. The van der Waals surface area contributed by atoms with Gasteiger partial charge in [0.2, 0.25) is 5.91 Å². The molecule has 0 saturated heterocycles. The van der Waals surface area contributed by atoms with Crippen molar-refractivity contribution in [3.8, 4) is 0 Å². The maximum atomic E-state index is 12.0. The Hall–Kier alpha value is -1.19. The minimum atomic E-state index is -0.0348. The quantitative estimate of drug-likeness (QED) is 0.388. The number of fused-ring (bicyclic) bond motifs is 1. The predicted molar refractivity (Wildman–Crippen MR) is 95.9 cm³/mol. The molecular weight excluding hydrogens is 417 g/mol. The number of benzene rings is 1. The molecule has 0 aliphatic carbocycles. The summed E-state index contributed by atoms with van der Waals surface area (Å²) in [5, 5.41) is 5.75. The molecule has 3 rings (SSSR count). The summed E-state index contributed by atoms with van der Waals surface area (Å²) >= 11 is 5.23. The third-order valence-electron chi connectivity index (χ3n) is 2.70. The molecule has 4 nitrogen and oxygen atoms in total. The number of rotatable bonds is 4. The number of aromatic nitrogens is 2. The number of nitrogens with zero attached hydrogens (tertiary/aromatic N) is 2. The summed E-state index contributed by atoms with van der Waals surface area (Å²) in [4.78, 5) is 20.5. The van der Waals surface area contributed by atoms with Gasteiger partial charge in [0.05, 0.1) is 21.7 Å². The molecule has 0 fully saturated rings. The first-order chi connectivity index (χ1) is 10.2. The van der Waals surface area contributed by atoms with Gasteiger partial charge in [-0.05, 0) is 46.2 Å². The van der Waals surface area contributed by atoms with E-state index in [2.05, 4.69) is 37.9 Å². The van der Waals surface area contributed by atoms with Crippen LogP contribution in [-0.2, 0) is 4.79 Å². The molecule has 0 aliphatic rings. The second kappa shape index (κ2) is 6.71. The molecule has 2 aromatic heterocycles. The maximum Gasteiger partial charge on any atom is 0.234 e. The number of carbonyl (C=O) groups excluding carboxylic acids is 1. The first kappa shape index (κ1) is 14.7. The number of halogens is 1. The minimum Gasteiger partial charge on any atom is -0.324 e. The highest BCUT2D eigenvalue weighted by Crippen LogP contribution is 2.28. The van der Waals surface area contributed by atoms with Gasteiger partial charge in [0.25, 0.3) is 0 Å². The Morgan fingerprint density at radius 2 is 2.14 bits per heavy atom. The van der Waals surface area contributed by atoms with Gasteiger partial charge in [-0.1, -0.05) is 23.9 Å². The highest BCUT2D eigenvalue weighted by atomic mass is 127. The SMILES string of the molecule is O=C(CSc1ncnc2ccsc12)Nc1ccccc1I. The summed E-state index contributed by atoms with van der Waals surface area (Å²) in [5.74, 6) is 0.294. The summed E-state index contributed by atoms with van der Waals surface area (Å²) < 4.78 is 2.06. The molecule has 0 radical (unpaired) electrons. The smallest absolute Gasteiger partial charge is 0.234 e. The van der Waals surface area contributed by atoms with Crippen molar-refractivity contribution in [2.24, 2.45) is 0 Å². The highest BCUT2D eigenvalue weighted by Gasteiger charge is 2.10. The van der Waals surface area contributed by atoms with Crippen LogP contribution in [0.4, 0.5) is 5.69 Å². The second-order valence-electron chi connectivity index (χ2n) is 4.13. The van der Waals surface area contributed by atoms with E-state index >= 15 is 0 Å². The lowest BCUT2D eigenvalue weighted by atomic mass is 10.3. The first-order valence-corrected chi connectivity index (χ1v) is 9.04. The Morgan fingerprint density at radius 3 is 3.00 bits per heavy atom. The van der Waals surface area contributed by atoms with E-state index in [-0.39, 0.29) is 5.91 Å². The van der Waals surface area contributed by atoms with Gasteiger partial charge in [-0.15, -0.1) is 11.3 Å². The van der Waals surface area contributed by atoms with Crippen LogP contribution in [0.25, 0.3) is 10.2 Å². The summed E-state index contributed by atoms with van der Waals surface area (Å²) in [5.41, 5.74) is 1.77. The molecule has 1 aromatic carbocycles. The Labute approximate surface area is 143 Å². The van der Waals surface area contributed by atoms with E-state index in [1.54, 1.807) is 11.3 Å². The standard InChI is InChI=1S/C14H10IN3OS2/c15-9-3-1-2-4-10(9)18-12(19)7-21-14-13-11(5-6-20-13)16-8-17-14/h1-6,8H,7H2,(H,18,19). The van der Waals surface area contributed by atoms with Crippen molar-refractivity contribution < 1.29 is 4.79 Å². The van der Waals surface area contributed by atoms with Crippen molar-refractivity contribution in [1.82, 2.24) is 9.97 Å². The largest absolute Gasteiger partial charge is 0.324 e. The predicted octanol–water partition coefficient (Wildman–Crippen LogP) is 4.03. The van der Waals surface area contributed by atoms with Gasteiger partial charge >= 0.3 is 0 Å². The average molecular weight is 427 g/mol. The minimum absolute atomic E-state index is 0.0348. The van der Waals surface area contributed by atoms with Gasteiger partial charge in [0.1, 0.15) is 11.4 Å². The monoisotopic (exact) mass is 427 g/mol. The molecule has 0 bridgehead atoms. The second-order valence-corrected chi connectivity index (χ2v) is 7.17. The molecule has 0 saturated carbocycles. The zero-order chi connectivity index (χ0) is 14.7. The van der Waals surface area contributed by atoms with Gasteiger partial charge in [0, 0.05) is 3.57 Å². The molecule has 21 heavy (non-hydrogen) atoms. The molecule has 2 heterocycles. The van der Waals surface area contributed by atoms with Crippen molar-refractivity contribution >= 4 is 67.5 Å². The molecule has 0 spiro atoms. The lowest BCUT2D eigenvalue weighted by Crippen LogP contribution is -2.14. The Morgan fingerprint density at radius 1 is 1.29 bits per heavy atom. The van der Waals surface area contributed by atoms with Crippen molar-refractivity contribution in [3.63, 3.8) is 0 Å². The van der Waals surface area contributed by atoms with Crippen molar-refractivity contribution in [1.29, 1.82) is 0 Å². The third kappa shape index (κ3) is 3.53. The number of hydrogen-bond acceptors (Lipinski definition) is 5. The lowest BCUT2D eigenvalue weighted by molar-refractivity contribution is -0.113. The van der Waals surface area contributed by atoms with E-state index in [4.69, 9.17) is 0 Å². The van der Waals surface area contributed by atoms with Crippen LogP contribution in [0.5, 0.6) is 0 Å². The number of para-hydroxylation sites is 1. The summed E-state index contributed by atoms with van der Waals surface area (Å²) in [7, 11) is 0. The van der Waals surface area contributed by atoms with E-state index in [9.17, 15) is 4.79 Å². The Kier molecular flexibility index (Phi) is 4.71. The molecule has 1 amide bonds. The zero-order valence-corrected chi connectivity index (χ0v) is 14.5. The molecule has 3 aromatic rings. The molecular formula is C14H10IN3OS2. The molecule has 0 aliphatic heterocycles. The van der Waals surface area contributed by atoms with Crippen LogP contribution in [0.3, 0.4) is 0 Å². The van der Waals surface area contributed by atoms with Crippen molar-refractivity contribution in [3.05, 3.63) is 45.6 Å². The Bertz CT molecular complexity index is 790. The van der Waals surface area contributed by atoms with Gasteiger partial charge in [-0.2, -0.15) is 0 Å². The zero-order valence-electron chi connectivity index (χ0n) is 10.7. The number of anilines is 1. The van der Waals surface area contributed by atoms with Crippen LogP contribution in [0.1, 0.15) is 0 Å². The van der Waals surface area contributed by atoms with Crippen LogP contribution in [0, 0.1) is 3.57 Å². The van der Waals surface area contributed by atoms with E-state index in [0.717, 1.165) is 24.5 Å². The highest BCUT2D eigenvalue weighted by molar-refractivity contribution is 14.1. The summed E-state index contributed by atoms with van der Waals surface area (Å²) in [6, 6.07) is 9.67. The van der Waals surface area contributed by atoms with Crippen molar-refractivity contribution in [2.75, 3.05) is 11.1 Å². The number of thiophene rings is 1. The molecule has 0 atom stereocenters. The summed E-state index contributed by atoms with van der Waals surface area (Å²) in [6.45, 7) is 0. The van der Waals surface area contributed by atoms with Crippen LogP contribution >= 0.6 is 45.7 Å². The van der Waals surface area contributed by atoms with Gasteiger partial charge < -0.3 is 5.32 Å². The number of hydrogen-bond donors (Lipinski definition) is 1. The third-order valence-corrected chi connectivity index (χ3v) is 5.67. The normalized spacial score (nSPS) is 10.7. The van der Waals surface area contributed by atoms with Crippen LogP contribution < -0.4 is 5.32 Å². The van der Waals surface area contributed by atoms with Crippen LogP contribution in [-0.4, -0.2) is 21.6 Å². The van der Waals surface area contributed by atoms with E-state index in [1.165, 1.54) is 18.1 Å². The van der Waals surface area contributed by atoms with E-state index in [0.29, 0.717) is 5.75 Å². The van der Waals surface area contributed by atoms with Gasteiger partial charge in [0.15, 0.2) is 0 Å². The number of carbonyl (C=O) groups is 1. The van der Waals surface area contributed by atoms with Gasteiger partial charge in [-0.3, -0.25) is 4.79 Å². The number of amides is 1. The number of thioether (sulfide) groups is 1. The number of nitrogens with one attached hydrogen (secondary N) is 1. The fourth-order valence-electron chi connectivity index (χ4n) is 1.75. The fourth-order valence-corrected chi connectivity index (χ4v) is 4.02. The fraction of sp³-hybridized carbons (Fsp3) is 0.0714. The molecule has 1 N–H and O–H groups in total. The van der Waals surface area contributed by atoms with Crippen LogP contribution in [0.2, 0.25) is 0 Å². The average Bonchev–Trinajstić information content (AvgIpc) is 2.96. The maximum absolute atomic E-state index is 12.0. The van der Waals surface area contributed by atoms with Gasteiger partial charge in [-0.25, -0.2) is 9.97 Å². The Balaban J connectivity index is 1.66. The molecule has 7 heteroatoms. The first-order valence-electron chi connectivity index (χ1n) is 6.09.